The van der Waals surface area contributed by atoms with Crippen molar-refractivity contribution in [3.63, 3.8) is 0 Å². The molecule has 2 aromatic rings. The van der Waals surface area contributed by atoms with Crippen LogP contribution in [0.1, 0.15) is 42.7 Å². The summed E-state index contributed by atoms with van der Waals surface area (Å²) in [5.41, 5.74) is 2.81. The van der Waals surface area contributed by atoms with Crippen LogP contribution in [0.3, 0.4) is 0 Å². The third-order valence-corrected chi connectivity index (χ3v) is 4.08. The zero-order valence-electron chi connectivity index (χ0n) is 12.8. The Kier molecular flexibility index (Phi) is 5.98. The lowest BCUT2D eigenvalue weighted by atomic mass is 10.0. The molecule has 2 aromatic carbocycles. The maximum atomic E-state index is 10.4. The van der Waals surface area contributed by atoms with Gasteiger partial charge in [-0.05, 0) is 42.7 Å². The number of hydrogen-bond acceptors (Lipinski definition) is 3. The second kappa shape index (κ2) is 7.75. The van der Waals surface area contributed by atoms with Crippen LogP contribution in [0.4, 0.5) is 0 Å². The van der Waals surface area contributed by atoms with Gasteiger partial charge < -0.3 is 15.5 Å². The topological polar surface area (TPSA) is 52.5 Å². The van der Waals surface area contributed by atoms with Gasteiger partial charge >= 0.3 is 0 Å². The van der Waals surface area contributed by atoms with Crippen LogP contribution in [0.25, 0.3) is 0 Å². The van der Waals surface area contributed by atoms with Crippen molar-refractivity contribution in [2.24, 2.45) is 0 Å². The van der Waals surface area contributed by atoms with Gasteiger partial charge in [-0.25, -0.2) is 0 Å². The van der Waals surface area contributed by atoms with Gasteiger partial charge in [0.15, 0.2) is 0 Å². The van der Waals surface area contributed by atoms with Crippen molar-refractivity contribution in [1.82, 2.24) is 5.32 Å². The summed E-state index contributed by atoms with van der Waals surface area (Å²) in [5, 5.41) is 23.7. The molecule has 0 bridgehead atoms. The lowest BCUT2D eigenvalue weighted by Crippen LogP contribution is -2.34. The summed E-state index contributed by atoms with van der Waals surface area (Å²) < 4.78 is 0. The predicted molar refractivity (Wildman–Crippen MR) is 89.8 cm³/mol. The number of benzene rings is 2. The molecule has 3 unspecified atom stereocenters. The first-order chi connectivity index (χ1) is 10.5. The minimum atomic E-state index is -0.610. The number of nitrogens with one attached hydrogen (secondary N) is 1. The van der Waals surface area contributed by atoms with E-state index in [2.05, 4.69) is 5.32 Å². The van der Waals surface area contributed by atoms with Gasteiger partial charge in [0, 0.05) is 17.1 Å². The van der Waals surface area contributed by atoms with E-state index in [1.807, 2.05) is 50.2 Å². The van der Waals surface area contributed by atoms with Gasteiger partial charge in [-0.3, -0.25) is 0 Å². The Morgan fingerprint density at radius 2 is 1.73 bits per heavy atom. The number of rotatable bonds is 6. The zero-order chi connectivity index (χ0) is 16.1. The second-order valence-corrected chi connectivity index (χ2v) is 6.01. The fraction of sp³-hybridized carbons (Fsp3) is 0.333. The smallest absolute Gasteiger partial charge is 0.0940 e. The molecule has 0 saturated carbocycles. The van der Waals surface area contributed by atoms with Gasteiger partial charge in [0.1, 0.15) is 0 Å². The average molecular weight is 320 g/mol. The molecule has 4 heteroatoms. The van der Waals surface area contributed by atoms with E-state index in [0.29, 0.717) is 5.02 Å². The maximum Gasteiger partial charge on any atom is 0.0940 e. The molecular weight excluding hydrogens is 298 g/mol. The van der Waals surface area contributed by atoms with Crippen LogP contribution in [0.2, 0.25) is 5.02 Å². The molecule has 0 aliphatic heterocycles. The molecule has 0 fully saturated rings. The molecule has 22 heavy (non-hydrogen) atoms. The van der Waals surface area contributed by atoms with Crippen LogP contribution in [0, 0.1) is 0 Å². The van der Waals surface area contributed by atoms with Crippen LogP contribution in [-0.4, -0.2) is 16.3 Å². The molecular formula is C18H22ClNO2. The largest absolute Gasteiger partial charge is 0.392 e. The molecule has 0 spiro atoms. The van der Waals surface area contributed by atoms with E-state index in [9.17, 15) is 10.2 Å². The number of halogens is 1. The highest BCUT2D eigenvalue weighted by Gasteiger charge is 2.18. The van der Waals surface area contributed by atoms with Crippen LogP contribution in [-0.2, 0) is 6.61 Å². The van der Waals surface area contributed by atoms with Gasteiger partial charge in [0.2, 0.25) is 0 Å². The molecule has 0 aromatic heterocycles. The van der Waals surface area contributed by atoms with Gasteiger partial charge in [-0.2, -0.15) is 0 Å². The fourth-order valence-corrected chi connectivity index (χ4v) is 2.62. The van der Waals surface area contributed by atoms with Crippen molar-refractivity contribution in [1.29, 1.82) is 0 Å². The number of aliphatic hydroxyl groups excluding tert-OH is 2. The van der Waals surface area contributed by atoms with Crippen molar-refractivity contribution in [3.05, 3.63) is 70.2 Å². The molecule has 0 aliphatic carbocycles. The Bertz CT molecular complexity index is 600. The number of hydrogen-bond donors (Lipinski definition) is 3. The normalized spacial score (nSPS) is 15.3. The summed E-state index contributed by atoms with van der Waals surface area (Å²) in [6, 6.07) is 15.0. The SMILES string of the molecule is CC(NC(C)C(O)c1ccc(Cl)cc1)c1cccc(CO)c1. The quantitative estimate of drug-likeness (QED) is 0.762. The van der Waals surface area contributed by atoms with E-state index in [1.165, 1.54) is 0 Å². The average Bonchev–Trinajstić information content (AvgIpc) is 2.54. The molecule has 118 valence electrons. The van der Waals surface area contributed by atoms with E-state index in [0.717, 1.165) is 16.7 Å². The Hall–Kier alpha value is -1.39. The summed E-state index contributed by atoms with van der Waals surface area (Å²) in [7, 11) is 0. The second-order valence-electron chi connectivity index (χ2n) is 5.58. The van der Waals surface area contributed by atoms with Crippen molar-refractivity contribution in [2.75, 3.05) is 0 Å². The Balaban J connectivity index is 2.03. The maximum absolute atomic E-state index is 10.4. The summed E-state index contributed by atoms with van der Waals surface area (Å²) in [4.78, 5) is 0. The lowest BCUT2D eigenvalue weighted by Gasteiger charge is -2.25. The minimum absolute atomic E-state index is 0.0313. The predicted octanol–water partition coefficient (Wildman–Crippen LogP) is 3.61. The molecule has 3 nitrogen and oxygen atoms in total. The van der Waals surface area contributed by atoms with E-state index in [4.69, 9.17) is 11.6 Å². The summed E-state index contributed by atoms with van der Waals surface area (Å²) in [6.45, 7) is 4.02. The van der Waals surface area contributed by atoms with E-state index in [-0.39, 0.29) is 18.7 Å². The minimum Gasteiger partial charge on any atom is -0.392 e. The third-order valence-electron chi connectivity index (χ3n) is 3.83. The Morgan fingerprint density at radius 3 is 2.36 bits per heavy atom. The fourth-order valence-electron chi connectivity index (χ4n) is 2.49. The van der Waals surface area contributed by atoms with Crippen molar-refractivity contribution in [2.45, 2.75) is 38.6 Å². The van der Waals surface area contributed by atoms with Crippen molar-refractivity contribution >= 4 is 11.6 Å². The standard InChI is InChI=1S/C18H22ClNO2/c1-12(16-5-3-4-14(10-16)11-21)20-13(2)18(22)15-6-8-17(19)9-7-15/h3-10,12-13,18,20-22H,11H2,1-2H3. The van der Waals surface area contributed by atoms with Crippen LogP contribution >= 0.6 is 11.6 Å². The van der Waals surface area contributed by atoms with E-state index >= 15 is 0 Å². The Morgan fingerprint density at radius 1 is 1.05 bits per heavy atom. The van der Waals surface area contributed by atoms with Gasteiger partial charge in [-0.1, -0.05) is 48.0 Å². The first-order valence-electron chi connectivity index (χ1n) is 7.40. The highest BCUT2D eigenvalue weighted by atomic mass is 35.5. The Labute approximate surface area is 136 Å². The molecule has 0 amide bonds. The molecule has 3 N–H and O–H groups in total. The van der Waals surface area contributed by atoms with Crippen LogP contribution < -0.4 is 5.32 Å². The molecule has 0 aliphatic rings. The highest BCUT2D eigenvalue weighted by Crippen LogP contribution is 2.22. The zero-order valence-corrected chi connectivity index (χ0v) is 13.6. The first-order valence-corrected chi connectivity index (χ1v) is 7.78. The molecule has 0 heterocycles. The summed E-state index contributed by atoms with van der Waals surface area (Å²) >= 11 is 5.87. The lowest BCUT2D eigenvalue weighted by molar-refractivity contribution is 0.130. The van der Waals surface area contributed by atoms with Crippen molar-refractivity contribution in [3.8, 4) is 0 Å². The van der Waals surface area contributed by atoms with E-state index < -0.39 is 6.10 Å². The third kappa shape index (κ3) is 4.31. The van der Waals surface area contributed by atoms with E-state index in [1.54, 1.807) is 12.1 Å². The van der Waals surface area contributed by atoms with Gasteiger partial charge in [-0.15, -0.1) is 0 Å². The summed E-state index contributed by atoms with van der Waals surface area (Å²) in [5.74, 6) is 0. The molecule has 0 radical (unpaired) electrons. The van der Waals surface area contributed by atoms with Gasteiger partial charge in [0.05, 0.1) is 12.7 Å². The summed E-state index contributed by atoms with van der Waals surface area (Å²) in [6.07, 6.45) is -0.610. The van der Waals surface area contributed by atoms with Crippen molar-refractivity contribution < 1.29 is 10.2 Å². The van der Waals surface area contributed by atoms with Crippen LogP contribution in [0.15, 0.2) is 48.5 Å². The highest BCUT2D eigenvalue weighted by molar-refractivity contribution is 6.30. The molecule has 0 saturated heterocycles. The number of aliphatic hydroxyl groups is 2. The molecule has 3 atom stereocenters. The monoisotopic (exact) mass is 319 g/mol. The van der Waals surface area contributed by atoms with Gasteiger partial charge in [0.25, 0.3) is 0 Å². The molecule has 2 rings (SSSR count). The van der Waals surface area contributed by atoms with Crippen LogP contribution in [0.5, 0.6) is 0 Å². The first kappa shape index (κ1) is 17.0.